The second-order valence-electron chi connectivity index (χ2n) is 6.67. The van der Waals surface area contributed by atoms with Gasteiger partial charge < -0.3 is 11.1 Å². The molecule has 0 heterocycles. The van der Waals surface area contributed by atoms with E-state index in [-0.39, 0.29) is 24.4 Å². The molecule has 1 fully saturated rings. The lowest BCUT2D eigenvalue weighted by molar-refractivity contribution is -0.122. The first kappa shape index (κ1) is 19.6. The molecular weight excluding hydrogens is 355 g/mol. The number of hydrogen-bond donors (Lipinski definition) is 2. The number of rotatable bonds is 6. The van der Waals surface area contributed by atoms with Crippen LogP contribution in [0.3, 0.4) is 0 Å². The SMILES string of the molecule is CC1CC1C(NC(=O)CCc1ccccc1N)c1ccc(Cl)cc1.Cl. The van der Waals surface area contributed by atoms with Crippen LogP contribution in [-0.2, 0) is 11.2 Å². The van der Waals surface area contributed by atoms with E-state index < -0.39 is 0 Å². The Morgan fingerprint density at radius 2 is 1.88 bits per heavy atom. The van der Waals surface area contributed by atoms with Gasteiger partial charge >= 0.3 is 0 Å². The number of nitrogen functional groups attached to an aromatic ring is 1. The van der Waals surface area contributed by atoms with Crippen molar-refractivity contribution in [2.75, 3.05) is 5.73 Å². The number of benzene rings is 2. The largest absolute Gasteiger partial charge is 0.399 e. The molecule has 3 unspecified atom stereocenters. The molecule has 2 aromatic carbocycles. The molecule has 1 saturated carbocycles. The molecule has 1 aliphatic carbocycles. The van der Waals surface area contributed by atoms with Crippen molar-refractivity contribution >= 4 is 35.6 Å². The van der Waals surface area contributed by atoms with Crippen molar-refractivity contribution in [1.29, 1.82) is 0 Å². The summed E-state index contributed by atoms with van der Waals surface area (Å²) in [5, 5.41) is 3.93. The Hall–Kier alpha value is -1.71. The number of amides is 1. The number of nitrogens with one attached hydrogen (secondary N) is 1. The van der Waals surface area contributed by atoms with Gasteiger partial charge in [-0.2, -0.15) is 0 Å². The highest BCUT2D eigenvalue weighted by Gasteiger charge is 2.40. The zero-order valence-corrected chi connectivity index (χ0v) is 15.8. The topological polar surface area (TPSA) is 55.1 Å². The highest BCUT2D eigenvalue weighted by Crippen LogP contribution is 2.47. The maximum atomic E-state index is 12.4. The summed E-state index contributed by atoms with van der Waals surface area (Å²) in [5.74, 6) is 1.23. The fourth-order valence-corrected chi connectivity index (χ4v) is 3.30. The summed E-state index contributed by atoms with van der Waals surface area (Å²) in [6, 6.07) is 15.5. The molecule has 5 heteroatoms. The third-order valence-corrected chi connectivity index (χ3v) is 5.07. The molecule has 0 radical (unpaired) electrons. The molecule has 3 nitrogen and oxygen atoms in total. The van der Waals surface area contributed by atoms with Gasteiger partial charge in [-0.25, -0.2) is 0 Å². The van der Waals surface area contributed by atoms with Gasteiger partial charge in [0.1, 0.15) is 0 Å². The van der Waals surface area contributed by atoms with Crippen LogP contribution in [0.2, 0.25) is 5.02 Å². The van der Waals surface area contributed by atoms with Crippen LogP contribution >= 0.6 is 24.0 Å². The highest BCUT2D eigenvalue weighted by molar-refractivity contribution is 6.30. The smallest absolute Gasteiger partial charge is 0.220 e. The van der Waals surface area contributed by atoms with Crippen LogP contribution in [0.15, 0.2) is 48.5 Å². The first-order chi connectivity index (χ1) is 11.5. The average molecular weight is 379 g/mol. The van der Waals surface area contributed by atoms with Gasteiger partial charge in [-0.3, -0.25) is 4.79 Å². The highest BCUT2D eigenvalue weighted by atomic mass is 35.5. The summed E-state index contributed by atoms with van der Waals surface area (Å²) in [7, 11) is 0. The minimum atomic E-state index is 0. The van der Waals surface area contributed by atoms with Crippen molar-refractivity contribution in [3.8, 4) is 0 Å². The van der Waals surface area contributed by atoms with Crippen LogP contribution in [0, 0.1) is 11.8 Å². The second kappa shape index (κ2) is 8.59. The molecule has 0 aromatic heterocycles. The number of carbonyl (C=O) groups excluding carboxylic acids is 1. The van der Waals surface area contributed by atoms with E-state index in [1.54, 1.807) is 0 Å². The summed E-state index contributed by atoms with van der Waals surface area (Å²) in [4.78, 5) is 12.4. The standard InChI is InChI=1S/C20H23ClN2O.ClH/c1-13-12-17(13)20(15-6-9-16(21)10-7-15)23-19(24)11-8-14-4-2-3-5-18(14)22;/h2-7,9-10,13,17,20H,8,11-12,22H2,1H3,(H,23,24);1H. The summed E-state index contributed by atoms with van der Waals surface area (Å²) >= 11 is 5.98. The molecular formula is C20H24Cl2N2O. The van der Waals surface area contributed by atoms with Crippen LogP contribution < -0.4 is 11.1 Å². The van der Waals surface area contributed by atoms with E-state index in [2.05, 4.69) is 12.2 Å². The Bertz CT molecular complexity index is 718. The predicted molar refractivity (Wildman–Crippen MR) is 106 cm³/mol. The Morgan fingerprint density at radius 1 is 1.24 bits per heavy atom. The van der Waals surface area contributed by atoms with Crippen molar-refractivity contribution in [2.45, 2.75) is 32.2 Å². The molecule has 0 aliphatic heterocycles. The molecule has 0 saturated heterocycles. The second-order valence-corrected chi connectivity index (χ2v) is 7.11. The number of anilines is 1. The monoisotopic (exact) mass is 378 g/mol. The Balaban J connectivity index is 0.00000225. The van der Waals surface area contributed by atoms with Gasteiger partial charge in [0.15, 0.2) is 0 Å². The van der Waals surface area contributed by atoms with Gasteiger partial charge in [0.25, 0.3) is 0 Å². The Morgan fingerprint density at radius 3 is 2.48 bits per heavy atom. The Labute approximate surface area is 160 Å². The van der Waals surface area contributed by atoms with Gasteiger partial charge in [-0.1, -0.05) is 48.9 Å². The number of nitrogens with two attached hydrogens (primary N) is 1. The fourth-order valence-electron chi connectivity index (χ4n) is 3.18. The van der Waals surface area contributed by atoms with Crippen molar-refractivity contribution < 1.29 is 4.79 Å². The van der Waals surface area contributed by atoms with Gasteiger partial charge in [0.05, 0.1) is 6.04 Å². The predicted octanol–water partition coefficient (Wildman–Crippen LogP) is 4.79. The van der Waals surface area contributed by atoms with Gasteiger partial charge in [0.2, 0.25) is 5.91 Å². The minimum absolute atomic E-state index is 0. The van der Waals surface area contributed by atoms with Crippen molar-refractivity contribution in [2.24, 2.45) is 11.8 Å². The van der Waals surface area contributed by atoms with Crippen LogP contribution in [-0.4, -0.2) is 5.91 Å². The number of halogens is 2. The lowest BCUT2D eigenvalue weighted by atomic mass is 10.0. The molecule has 25 heavy (non-hydrogen) atoms. The van der Waals surface area contributed by atoms with E-state index in [0.29, 0.717) is 29.7 Å². The summed E-state index contributed by atoms with van der Waals surface area (Å²) < 4.78 is 0. The average Bonchev–Trinajstić information content (AvgIpc) is 3.29. The maximum Gasteiger partial charge on any atom is 0.220 e. The zero-order valence-electron chi connectivity index (χ0n) is 14.2. The van der Waals surface area contributed by atoms with E-state index in [1.165, 1.54) is 0 Å². The van der Waals surface area contributed by atoms with Crippen LogP contribution in [0.1, 0.15) is 36.9 Å². The molecule has 3 rings (SSSR count). The molecule has 0 spiro atoms. The minimum Gasteiger partial charge on any atom is -0.399 e. The molecule has 1 amide bonds. The molecule has 1 aliphatic rings. The quantitative estimate of drug-likeness (QED) is 0.709. The van der Waals surface area contributed by atoms with Gasteiger partial charge in [-0.05, 0) is 54.0 Å². The maximum absolute atomic E-state index is 12.4. The van der Waals surface area contributed by atoms with Gasteiger partial charge in [0, 0.05) is 17.1 Å². The van der Waals surface area contributed by atoms with E-state index in [4.69, 9.17) is 17.3 Å². The van der Waals surface area contributed by atoms with Crippen LogP contribution in [0.5, 0.6) is 0 Å². The summed E-state index contributed by atoms with van der Waals surface area (Å²) in [6.45, 7) is 2.23. The van der Waals surface area contributed by atoms with Crippen molar-refractivity contribution in [1.82, 2.24) is 5.32 Å². The molecule has 3 N–H and O–H groups in total. The number of carbonyl (C=O) groups is 1. The normalized spacial score (nSPS) is 19.6. The first-order valence-corrected chi connectivity index (χ1v) is 8.80. The van der Waals surface area contributed by atoms with E-state index in [1.807, 2.05) is 48.5 Å². The third kappa shape index (κ3) is 5.13. The van der Waals surface area contributed by atoms with E-state index in [9.17, 15) is 4.79 Å². The lowest BCUT2D eigenvalue weighted by Crippen LogP contribution is -2.30. The Kier molecular flexibility index (Phi) is 6.74. The van der Waals surface area contributed by atoms with Gasteiger partial charge in [-0.15, -0.1) is 12.4 Å². The molecule has 0 bridgehead atoms. The first-order valence-electron chi connectivity index (χ1n) is 8.43. The molecule has 2 aromatic rings. The lowest BCUT2D eigenvalue weighted by Gasteiger charge is -2.20. The third-order valence-electron chi connectivity index (χ3n) is 4.82. The van der Waals surface area contributed by atoms with Crippen LogP contribution in [0.4, 0.5) is 5.69 Å². The van der Waals surface area contributed by atoms with Crippen molar-refractivity contribution in [3.63, 3.8) is 0 Å². The number of para-hydroxylation sites is 1. The summed E-state index contributed by atoms with van der Waals surface area (Å²) in [5.41, 5.74) is 8.84. The molecule has 3 atom stereocenters. The fraction of sp³-hybridized carbons (Fsp3) is 0.350. The zero-order chi connectivity index (χ0) is 17.1. The van der Waals surface area contributed by atoms with Crippen molar-refractivity contribution in [3.05, 3.63) is 64.7 Å². The van der Waals surface area contributed by atoms with E-state index in [0.717, 1.165) is 23.2 Å². The number of hydrogen-bond acceptors (Lipinski definition) is 2. The summed E-state index contributed by atoms with van der Waals surface area (Å²) in [6.07, 6.45) is 2.25. The van der Waals surface area contributed by atoms with E-state index >= 15 is 0 Å². The van der Waals surface area contributed by atoms with Crippen LogP contribution in [0.25, 0.3) is 0 Å². The molecule has 134 valence electrons. The number of aryl methyl sites for hydroxylation is 1.